The molecule has 1 aromatic rings. The molecule has 0 aromatic heterocycles. The van der Waals surface area contributed by atoms with Crippen molar-refractivity contribution in [3.8, 4) is 0 Å². The highest BCUT2D eigenvalue weighted by atomic mass is 35.5. The molecule has 19 heavy (non-hydrogen) atoms. The van der Waals surface area contributed by atoms with Gasteiger partial charge in [-0.3, -0.25) is 9.69 Å². The van der Waals surface area contributed by atoms with E-state index in [1.165, 1.54) is 0 Å². The number of rotatable bonds is 4. The number of benzene rings is 1. The van der Waals surface area contributed by atoms with Crippen LogP contribution in [-0.4, -0.2) is 43.2 Å². The maximum atomic E-state index is 12.1. The molecule has 1 heterocycles. The second-order valence-electron chi connectivity index (χ2n) is 4.63. The van der Waals surface area contributed by atoms with Crippen molar-refractivity contribution in [2.24, 2.45) is 0 Å². The van der Waals surface area contributed by atoms with Crippen LogP contribution < -0.4 is 5.32 Å². The first-order valence-electron chi connectivity index (χ1n) is 6.51. The lowest BCUT2D eigenvalue weighted by molar-refractivity contribution is -0.127. The molecule has 1 N–H and O–H groups in total. The highest BCUT2D eigenvalue weighted by Crippen LogP contribution is 2.14. The molecule has 1 aliphatic heterocycles. The summed E-state index contributed by atoms with van der Waals surface area (Å²) in [6, 6.07) is 7.41. The Hall–Kier alpha value is -1.10. The summed E-state index contributed by atoms with van der Waals surface area (Å²) in [5, 5.41) is 3.61. The van der Waals surface area contributed by atoms with E-state index in [1.54, 1.807) is 0 Å². The topological polar surface area (TPSA) is 41.6 Å². The van der Waals surface area contributed by atoms with Gasteiger partial charge in [0.1, 0.15) is 0 Å². The van der Waals surface area contributed by atoms with E-state index in [9.17, 15) is 4.79 Å². The average molecular weight is 283 g/mol. The molecule has 0 saturated carbocycles. The molecule has 4 nitrogen and oxygen atoms in total. The van der Waals surface area contributed by atoms with Crippen molar-refractivity contribution in [2.45, 2.75) is 19.5 Å². The molecule has 0 bridgehead atoms. The second-order valence-corrected chi connectivity index (χ2v) is 5.04. The Morgan fingerprint density at radius 2 is 2.11 bits per heavy atom. The summed E-state index contributed by atoms with van der Waals surface area (Å²) in [4.78, 5) is 14.2. The third-order valence-corrected chi connectivity index (χ3v) is 3.75. The number of carbonyl (C=O) groups is 1. The van der Waals surface area contributed by atoms with E-state index in [-0.39, 0.29) is 11.9 Å². The molecule has 0 unspecified atom stereocenters. The maximum Gasteiger partial charge on any atom is 0.237 e. The minimum atomic E-state index is -0.133. The van der Waals surface area contributed by atoms with Gasteiger partial charge in [-0.1, -0.05) is 29.8 Å². The van der Waals surface area contributed by atoms with Crippen LogP contribution >= 0.6 is 11.6 Å². The van der Waals surface area contributed by atoms with Crippen LogP contribution in [0.4, 0.5) is 0 Å². The van der Waals surface area contributed by atoms with Gasteiger partial charge in [0.25, 0.3) is 0 Å². The van der Waals surface area contributed by atoms with Crippen LogP contribution in [0, 0.1) is 0 Å². The van der Waals surface area contributed by atoms with Crippen molar-refractivity contribution in [1.82, 2.24) is 10.2 Å². The minimum absolute atomic E-state index is 0.0295. The molecule has 1 amide bonds. The van der Waals surface area contributed by atoms with Crippen LogP contribution in [0.3, 0.4) is 0 Å². The predicted molar refractivity (Wildman–Crippen MR) is 75.2 cm³/mol. The van der Waals surface area contributed by atoms with Gasteiger partial charge in [-0.25, -0.2) is 0 Å². The Labute approximate surface area is 118 Å². The Kier molecular flexibility index (Phi) is 5.19. The standard InChI is InChI=1S/C14H19ClN2O2/c1-11(17-6-8-19-9-7-17)14(18)16-10-12-4-2-3-5-13(12)15/h2-5,11H,6-10H2,1H3,(H,16,18)/t11-/m0/s1. The summed E-state index contributed by atoms with van der Waals surface area (Å²) in [5.41, 5.74) is 0.937. The molecule has 104 valence electrons. The number of nitrogens with zero attached hydrogens (tertiary/aromatic N) is 1. The maximum absolute atomic E-state index is 12.1. The average Bonchev–Trinajstić information content (AvgIpc) is 2.46. The first-order chi connectivity index (χ1) is 9.18. The van der Waals surface area contributed by atoms with E-state index in [0.717, 1.165) is 18.7 Å². The molecule has 1 aliphatic rings. The lowest BCUT2D eigenvalue weighted by Gasteiger charge is -2.31. The van der Waals surface area contributed by atoms with E-state index in [2.05, 4.69) is 10.2 Å². The van der Waals surface area contributed by atoms with Gasteiger partial charge in [-0.05, 0) is 18.6 Å². The van der Waals surface area contributed by atoms with Gasteiger partial charge >= 0.3 is 0 Å². The van der Waals surface area contributed by atoms with Crippen LogP contribution in [-0.2, 0) is 16.1 Å². The molecular formula is C14H19ClN2O2. The molecule has 0 aliphatic carbocycles. The monoisotopic (exact) mass is 282 g/mol. The van der Waals surface area contributed by atoms with Crippen LogP contribution in [0.25, 0.3) is 0 Å². The predicted octanol–water partition coefficient (Wildman–Crippen LogP) is 1.68. The highest BCUT2D eigenvalue weighted by molar-refractivity contribution is 6.31. The van der Waals surface area contributed by atoms with E-state index < -0.39 is 0 Å². The Morgan fingerprint density at radius 3 is 2.79 bits per heavy atom. The Bertz CT molecular complexity index is 433. The first-order valence-corrected chi connectivity index (χ1v) is 6.89. The zero-order chi connectivity index (χ0) is 13.7. The van der Waals surface area contributed by atoms with Crippen LogP contribution in [0.5, 0.6) is 0 Å². The number of morpholine rings is 1. The first kappa shape index (κ1) is 14.3. The summed E-state index contributed by atoms with van der Waals surface area (Å²) in [5.74, 6) is 0.0295. The molecule has 1 aromatic carbocycles. The Balaban J connectivity index is 1.85. The smallest absolute Gasteiger partial charge is 0.237 e. The van der Waals surface area contributed by atoms with Gasteiger partial charge in [0, 0.05) is 24.7 Å². The molecule has 2 rings (SSSR count). The van der Waals surface area contributed by atoms with Crippen molar-refractivity contribution in [3.63, 3.8) is 0 Å². The van der Waals surface area contributed by atoms with Gasteiger partial charge < -0.3 is 10.1 Å². The quantitative estimate of drug-likeness (QED) is 0.914. The Morgan fingerprint density at radius 1 is 1.42 bits per heavy atom. The van der Waals surface area contributed by atoms with Crippen molar-refractivity contribution in [2.75, 3.05) is 26.3 Å². The van der Waals surface area contributed by atoms with Crippen LogP contribution in [0.1, 0.15) is 12.5 Å². The summed E-state index contributed by atoms with van der Waals surface area (Å²) in [6.45, 7) is 5.39. The van der Waals surface area contributed by atoms with Gasteiger partial charge in [0.15, 0.2) is 0 Å². The molecule has 1 atom stereocenters. The van der Waals surface area contributed by atoms with Crippen molar-refractivity contribution in [3.05, 3.63) is 34.9 Å². The van der Waals surface area contributed by atoms with Crippen molar-refractivity contribution < 1.29 is 9.53 Å². The summed E-state index contributed by atoms with van der Waals surface area (Å²) in [7, 11) is 0. The molecule has 0 spiro atoms. The van der Waals surface area contributed by atoms with Crippen molar-refractivity contribution in [1.29, 1.82) is 0 Å². The minimum Gasteiger partial charge on any atom is -0.379 e. The zero-order valence-corrected chi connectivity index (χ0v) is 11.8. The highest BCUT2D eigenvalue weighted by Gasteiger charge is 2.22. The number of nitrogens with one attached hydrogen (secondary N) is 1. The third-order valence-electron chi connectivity index (χ3n) is 3.38. The number of hydrogen-bond acceptors (Lipinski definition) is 3. The van der Waals surface area contributed by atoms with Gasteiger partial charge in [0.05, 0.1) is 19.3 Å². The number of amides is 1. The van der Waals surface area contributed by atoms with Crippen LogP contribution in [0.15, 0.2) is 24.3 Å². The van der Waals surface area contributed by atoms with E-state index in [4.69, 9.17) is 16.3 Å². The summed E-state index contributed by atoms with van der Waals surface area (Å²) >= 11 is 6.06. The SMILES string of the molecule is C[C@@H](C(=O)NCc1ccccc1Cl)N1CCOCC1. The van der Waals surface area contributed by atoms with Gasteiger partial charge in [0.2, 0.25) is 5.91 Å². The van der Waals surface area contributed by atoms with Crippen LogP contribution in [0.2, 0.25) is 5.02 Å². The van der Waals surface area contributed by atoms with E-state index >= 15 is 0 Å². The number of ether oxygens (including phenoxy) is 1. The van der Waals surface area contributed by atoms with Gasteiger partial charge in [-0.15, -0.1) is 0 Å². The van der Waals surface area contributed by atoms with Gasteiger partial charge in [-0.2, -0.15) is 0 Å². The fourth-order valence-electron chi connectivity index (χ4n) is 2.10. The lowest BCUT2D eigenvalue weighted by Crippen LogP contribution is -2.49. The molecule has 0 radical (unpaired) electrons. The third kappa shape index (κ3) is 3.93. The number of carbonyl (C=O) groups excluding carboxylic acids is 1. The van der Waals surface area contributed by atoms with Crippen molar-refractivity contribution >= 4 is 17.5 Å². The fraction of sp³-hybridized carbons (Fsp3) is 0.500. The van der Waals surface area contributed by atoms with E-state index in [1.807, 2.05) is 31.2 Å². The summed E-state index contributed by atoms with van der Waals surface area (Å²) in [6.07, 6.45) is 0. The molecule has 5 heteroatoms. The number of halogens is 1. The van der Waals surface area contributed by atoms with E-state index in [0.29, 0.717) is 24.8 Å². The molecule has 1 fully saturated rings. The number of hydrogen-bond donors (Lipinski definition) is 1. The summed E-state index contributed by atoms with van der Waals surface area (Å²) < 4.78 is 5.28. The fourth-order valence-corrected chi connectivity index (χ4v) is 2.30. The molecular weight excluding hydrogens is 264 g/mol. The second kappa shape index (κ2) is 6.89. The normalized spacial score (nSPS) is 18.0. The zero-order valence-electron chi connectivity index (χ0n) is 11.1. The molecule has 1 saturated heterocycles. The largest absolute Gasteiger partial charge is 0.379 e. The lowest BCUT2D eigenvalue weighted by atomic mass is 10.2.